The minimum atomic E-state index is -3.89. The summed E-state index contributed by atoms with van der Waals surface area (Å²) in [5, 5.41) is 15.0. The van der Waals surface area contributed by atoms with Gasteiger partial charge in [-0.05, 0) is 68.6 Å². The summed E-state index contributed by atoms with van der Waals surface area (Å²) in [6, 6.07) is 13.6. The first-order valence-electron chi connectivity index (χ1n) is 10.8. The number of esters is 1. The van der Waals surface area contributed by atoms with Crippen LogP contribution < -0.4 is 10.0 Å². The van der Waals surface area contributed by atoms with Crippen LogP contribution in [0.4, 0.5) is 11.5 Å². The lowest BCUT2D eigenvalue weighted by Crippen LogP contribution is -2.21. The Hall–Kier alpha value is -4.17. The number of carbonyl (C=O) groups excluding carboxylic acids is 2. The average molecular weight is 543 g/mol. The number of carbonyl (C=O) groups is 2. The number of aryl methyl sites for hydroxylation is 2. The number of aromatic nitrogens is 4. The normalized spacial score (nSPS) is 11.2. The molecule has 0 bridgehead atoms. The van der Waals surface area contributed by atoms with Gasteiger partial charge in [0.25, 0.3) is 15.9 Å². The van der Waals surface area contributed by atoms with Crippen LogP contribution in [0.25, 0.3) is 5.69 Å². The summed E-state index contributed by atoms with van der Waals surface area (Å²) in [5.41, 5.74) is 1.39. The van der Waals surface area contributed by atoms with E-state index >= 15 is 0 Å². The van der Waals surface area contributed by atoms with Crippen molar-refractivity contribution in [1.82, 2.24) is 19.9 Å². The fraction of sp³-hybridized carbons (Fsp3) is 0.174. The Labute approximate surface area is 216 Å². The maximum Gasteiger partial charge on any atom is 0.338 e. The number of nitrogens with zero attached hydrogens (tertiary/aromatic N) is 4. The van der Waals surface area contributed by atoms with E-state index in [4.69, 9.17) is 9.26 Å². The van der Waals surface area contributed by atoms with Crippen molar-refractivity contribution in [3.8, 4) is 5.69 Å². The third-order valence-electron chi connectivity index (χ3n) is 4.99. The van der Waals surface area contributed by atoms with Gasteiger partial charge < -0.3 is 14.6 Å². The fourth-order valence-electron chi connectivity index (χ4n) is 3.26. The van der Waals surface area contributed by atoms with Crippen LogP contribution in [0.1, 0.15) is 21.9 Å². The highest BCUT2D eigenvalue weighted by atomic mass is 32.2. The number of sulfonamides is 1. The molecule has 14 heteroatoms. The maximum atomic E-state index is 12.4. The van der Waals surface area contributed by atoms with Gasteiger partial charge in [0.05, 0.1) is 10.5 Å². The zero-order valence-electron chi connectivity index (χ0n) is 20.0. The lowest BCUT2D eigenvalue weighted by atomic mass is 10.2. The minimum absolute atomic E-state index is 0.0349. The molecule has 37 heavy (non-hydrogen) atoms. The highest BCUT2D eigenvalue weighted by molar-refractivity contribution is 7.98. The van der Waals surface area contributed by atoms with Crippen LogP contribution in [-0.4, -0.2) is 53.1 Å². The average Bonchev–Trinajstić information content (AvgIpc) is 3.46. The van der Waals surface area contributed by atoms with Crippen molar-refractivity contribution >= 4 is 45.2 Å². The molecule has 4 aromatic rings. The predicted molar refractivity (Wildman–Crippen MR) is 135 cm³/mol. The van der Waals surface area contributed by atoms with Gasteiger partial charge in [-0.2, -0.15) is 0 Å². The Balaban J connectivity index is 1.31. The number of hydrogen-bond acceptors (Lipinski definition) is 10. The molecule has 1 amide bonds. The van der Waals surface area contributed by atoms with Crippen LogP contribution in [0.2, 0.25) is 0 Å². The van der Waals surface area contributed by atoms with Gasteiger partial charge in [0.2, 0.25) is 0 Å². The quantitative estimate of drug-likeness (QED) is 0.238. The van der Waals surface area contributed by atoms with Crippen LogP contribution in [0.5, 0.6) is 0 Å². The van der Waals surface area contributed by atoms with E-state index in [-0.39, 0.29) is 16.3 Å². The van der Waals surface area contributed by atoms with E-state index in [2.05, 4.69) is 25.4 Å². The molecule has 2 aromatic heterocycles. The number of rotatable bonds is 9. The molecular weight excluding hydrogens is 520 g/mol. The summed E-state index contributed by atoms with van der Waals surface area (Å²) in [4.78, 5) is 24.6. The molecule has 0 aliphatic carbocycles. The first kappa shape index (κ1) is 25.9. The van der Waals surface area contributed by atoms with Crippen molar-refractivity contribution in [2.45, 2.75) is 23.9 Å². The van der Waals surface area contributed by atoms with E-state index in [1.54, 1.807) is 31.2 Å². The van der Waals surface area contributed by atoms with E-state index in [9.17, 15) is 18.0 Å². The monoisotopic (exact) mass is 542 g/mol. The van der Waals surface area contributed by atoms with Gasteiger partial charge in [-0.3, -0.25) is 14.1 Å². The molecule has 0 saturated carbocycles. The van der Waals surface area contributed by atoms with Gasteiger partial charge in [0.15, 0.2) is 17.6 Å². The van der Waals surface area contributed by atoms with Crippen molar-refractivity contribution in [2.75, 3.05) is 22.9 Å². The van der Waals surface area contributed by atoms with Crippen molar-refractivity contribution in [2.24, 2.45) is 0 Å². The Kier molecular flexibility index (Phi) is 7.59. The first-order valence-corrected chi connectivity index (χ1v) is 13.5. The topological polar surface area (TPSA) is 158 Å². The molecular formula is C23H22N6O6S2. The Morgan fingerprint density at radius 2 is 1.76 bits per heavy atom. The molecule has 0 atom stereocenters. The van der Waals surface area contributed by atoms with Crippen molar-refractivity contribution in [3.05, 3.63) is 71.7 Å². The van der Waals surface area contributed by atoms with Crippen LogP contribution in [-0.2, 0) is 19.6 Å². The number of thioether (sulfide) groups is 1. The second-order valence-electron chi connectivity index (χ2n) is 7.69. The molecule has 2 N–H and O–H groups in total. The zero-order valence-corrected chi connectivity index (χ0v) is 21.6. The third kappa shape index (κ3) is 6.16. The molecule has 2 heterocycles. The van der Waals surface area contributed by atoms with Crippen LogP contribution in [0, 0.1) is 13.8 Å². The number of nitrogens with one attached hydrogen (secondary N) is 2. The molecule has 0 aliphatic rings. The highest BCUT2D eigenvalue weighted by Crippen LogP contribution is 2.21. The molecule has 192 valence electrons. The Morgan fingerprint density at radius 1 is 1.05 bits per heavy atom. The standard InChI is InChI=1S/C23H22N6O6S2/c1-14-12-20(27-35-14)28-37(32,33)19-10-6-17(7-11-19)24-21(30)13-34-22(31)16-4-8-18(9-5-16)29-15(2)25-26-23(29)36-3/h4-12H,13H2,1-3H3,(H,24,30)(H,27,28). The molecule has 12 nitrogen and oxygen atoms in total. The van der Waals surface area contributed by atoms with E-state index in [1.165, 1.54) is 42.1 Å². The molecule has 0 spiro atoms. The lowest BCUT2D eigenvalue weighted by Gasteiger charge is -2.10. The van der Waals surface area contributed by atoms with Crippen LogP contribution in [0.15, 0.2) is 69.2 Å². The number of amides is 1. The number of ether oxygens (including phenoxy) is 1. The molecule has 0 aliphatic heterocycles. The van der Waals surface area contributed by atoms with E-state index in [1.807, 2.05) is 17.7 Å². The molecule has 0 unspecified atom stereocenters. The smallest absolute Gasteiger partial charge is 0.338 e. The maximum absolute atomic E-state index is 12.4. The third-order valence-corrected chi connectivity index (χ3v) is 6.99. The summed E-state index contributed by atoms with van der Waals surface area (Å²) >= 11 is 1.45. The summed E-state index contributed by atoms with van der Waals surface area (Å²) in [5.74, 6) is -0.0158. The molecule has 0 fully saturated rings. The lowest BCUT2D eigenvalue weighted by molar-refractivity contribution is -0.119. The molecule has 2 aromatic carbocycles. The van der Waals surface area contributed by atoms with Gasteiger partial charge in [-0.25, -0.2) is 13.2 Å². The van der Waals surface area contributed by atoms with Crippen molar-refractivity contribution in [1.29, 1.82) is 0 Å². The van der Waals surface area contributed by atoms with Crippen LogP contribution >= 0.6 is 11.8 Å². The summed E-state index contributed by atoms with van der Waals surface area (Å²) in [6.45, 7) is 2.95. The van der Waals surface area contributed by atoms with Gasteiger partial charge in [0.1, 0.15) is 11.6 Å². The van der Waals surface area contributed by atoms with Gasteiger partial charge in [-0.15, -0.1) is 10.2 Å². The van der Waals surface area contributed by atoms with Crippen LogP contribution in [0.3, 0.4) is 0 Å². The van der Waals surface area contributed by atoms with E-state index in [0.29, 0.717) is 17.3 Å². The van der Waals surface area contributed by atoms with Crippen molar-refractivity contribution < 1.29 is 27.3 Å². The molecule has 4 rings (SSSR count). The second-order valence-corrected chi connectivity index (χ2v) is 10.1. The summed E-state index contributed by atoms with van der Waals surface area (Å²) in [7, 11) is -3.89. The fourth-order valence-corrected chi connectivity index (χ4v) is 4.79. The molecule has 0 radical (unpaired) electrons. The summed E-state index contributed by atoms with van der Waals surface area (Å²) < 4.78 is 39.0. The van der Waals surface area contributed by atoms with Crippen molar-refractivity contribution in [3.63, 3.8) is 0 Å². The minimum Gasteiger partial charge on any atom is -0.452 e. The highest BCUT2D eigenvalue weighted by Gasteiger charge is 2.17. The van der Waals surface area contributed by atoms with E-state index < -0.39 is 28.5 Å². The zero-order chi connectivity index (χ0) is 26.6. The Bertz CT molecular complexity index is 1530. The first-order chi connectivity index (χ1) is 17.7. The molecule has 0 saturated heterocycles. The summed E-state index contributed by atoms with van der Waals surface area (Å²) in [6.07, 6.45) is 1.89. The number of anilines is 2. The Morgan fingerprint density at radius 3 is 2.38 bits per heavy atom. The van der Waals surface area contributed by atoms with Gasteiger partial charge >= 0.3 is 5.97 Å². The second kappa shape index (κ2) is 10.8. The van der Waals surface area contributed by atoms with E-state index in [0.717, 1.165) is 10.8 Å². The number of benzene rings is 2. The predicted octanol–water partition coefficient (Wildman–Crippen LogP) is 3.19. The SMILES string of the molecule is CSc1nnc(C)n1-c1ccc(C(=O)OCC(=O)Nc2ccc(S(=O)(=O)Nc3cc(C)on3)cc2)cc1. The number of hydrogen-bond donors (Lipinski definition) is 2. The van der Waals surface area contributed by atoms with Gasteiger partial charge in [0, 0.05) is 17.4 Å². The largest absolute Gasteiger partial charge is 0.452 e. The van der Waals surface area contributed by atoms with Gasteiger partial charge in [-0.1, -0.05) is 16.9 Å².